The minimum absolute atomic E-state index is 0.0615. The third-order valence-corrected chi connectivity index (χ3v) is 4.70. The Bertz CT molecular complexity index is 633. The molecule has 0 unspecified atom stereocenters. The smallest absolute Gasteiger partial charge is 0.351 e. The number of hydrogen-bond acceptors (Lipinski definition) is 6. The fraction of sp³-hybridized carbons (Fsp3) is 0.733. The van der Waals surface area contributed by atoms with Crippen molar-refractivity contribution in [2.75, 3.05) is 12.3 Å². The molecule has 3 atom stereocenters. The normalized spacial score (nSPS) is 30.5. The Morgan fingerprint density at radius 2 is 2.12 bits per heavy atom. The molecule has 1 saturated heterocycles. The minimum Gasteiger partial charge on any atom is -0.384 e. The topological polar surface area (TPSA) is 102 Å². The van der Waals surface area contributed by atoms with Crippen LogP contribution in [-0.4, -0.2) is 45.4 Å². The average Bonchev–Trinajstić information content (AvgIpc) is 2.77. The van der Waals surface area contributed by atoms with Gasteiger partial charge in [0.1, 0.15) is 18.0 Å². The number of nitrogen functional groups attached to an aromatic ring is 1. The third kappa shape index (κ3) is 3.28. The number of aliphatic hydroxyl groups excluding tert-OH is 1. The van der Waals surface area contributed by atoms with Crippen LogP contribution >= 0.6 is 0 Å². The molecule has 9 heteroatoms. The maximum atomic E-state index is 14.4. The van der Waals surface area contributed by atoms with Crippen LogP contribution in [0.25, 0.3) is 0 Å². The summed E-state index contributed by atoms with van der Waals surface area (Å²) in [6, 6.07) is 1.49. The van der Waals surface area contributed by atoms with E-state index in [-0.39, 0.29) is 18.4 Å². The highest BCUT2D eigenvalue weighted by Crippen LogP contribution is 2.42. The molecule has 0 spiro atoms. The van der Waals surface area contributed by atoms with Gasteiger partial charge in [-0.1, -0.05) is 19.3 Å². The fourth-order valence-corrected chi connectivity index (χ4v) is 3.33. The zero-order valence-electron chi connectivity index (χ0n) is 13.2. The van der Waals surface area contributed by atoms with E-state index in [1.807, 2.05) is 0 Å². The van der Waals surface area contributed by atoms with Gasteiger partial charge in [-0.2, -0.15) is 13.8 Å². The van der Waals surface area contributed by atoms with Crippen LogP contribution in [0.5, 0.6) is 0 Å². The summed E-state index contributed by atoms with van der Waals surface area (Å²) in [4.78, 5) is 15.2. The number of nitrogens with two attached hydrogens (primary N) is 1. The largest absolute Gasteiger partial charge is 0.384 e. The standard InChI is InChI=1S/C15H22F2N4O3/c16-15(17)12(22)10(8-19-9-4-2-1-3-5-9)24-13(15)21-7-6-11(18)20-14(21)23/h6-7,9-10,12-13,19,22H,1-5,8H2,(H2,18,20,23)/t10-,12-,13-/m1/s1. The number of alkyl halides is 2. The van der Waals surface area contributed by atoms with Gasteiger partial charge in [0, 0.05) is 18.8 Å². The van der Waals surface area contributed by atoms with Gasteiger partial charge in [0.15, 0.2) is 0 Å². The van der Waals surface area contributed by atoms with Crippen LogP contribution in [-0.2, 0) is 4.74 Å². The molecule has 134 valence electrons. The van der Waals surface area contributed by atoms with Gasteiger partial charge in [0.2, 0.25) is 6.23 Å². The zero-order chi connectivity index (χ0) is 17.3. The van der Waals surface area contributed by atoms with Crippen molar-refractivity contribution in [1.82, 2.24) is 14.9 Å². The summed E-state index contributed by atoms with van der Waals surface area (Å²) in [5.41, 5.74) is 4.43. The summed E-state index contributed by atoms with van der Waals surface area (Å²) >= 11 is 0. The number of aromatic nitrogens is 2. The van der Waals surface area contributed by atoms with Gasteiger partial charge in [-0.15, -0.1) is 0 Å². The van der Waals surface area contributed by atoms with Crippen molar-refractivity contribution >= 4 is 5.82 Å². The highest BCUT2D eigenvalue weighted by atomic mass is 19.3. The van der Waals surface area contributed by atoms with E-state index in [0.29, 0.717) is 4.57 Å². The van der Waals surface area contributed by atoms with Gasteiger partial charge in [-0.25, -0.2) is 4.79 Å². The van der Waals surface area contributed by atoms with Crippen molar-refractivity contribution in [2.45, 2.75) is 62.5 Å². The molecule has 0 bridgehead atoms. The van der Waals surface area contributed by atoms with Crippen molar-refractivity contribution in [2.24, 2.45) is 0 Å². The zero-order valence-corrected chi connectivity index (χ0v) is 13.2. The molecule has 0 radical (unpaired) electrons. The van der Waals surface area contributed by atoms with Crippen LogP contribution in [0.3, 0.4) is 0 Å². The second-order valence-corrected chi connectivity index (χ2v) is 6.43. The Morgan fingerprint density at radius 3 is 2.79 bits per heavy atom. The van der Waals surface area contributed by atoms with E-state index in [1.54, 1.807) is 0 Å². The van der Waals surface area contributed by atoms with E-state index in [1.165, 1.54) is 12.5 Å². The minimum atomic E-state index is -3.60. The van der Waals surface area contributed by atoms with Crippen LogP contribution < -0.4 is 16.7 Å². The Morgan fingerprint density at radius 1 is 1.42 bits per heavy atom. The number of aliphatic hydroxyl groups is 1. The molecule has 7 nitrogen and oxygen atoms in total. The molecule has 2 fully saturated rings. The van der Waals surface area contributed by atoms with Crippen LogP contribution in [0.4, 0.5) is 14.6 Å². The number of halogens is 2. The molecule has 3 rings (SSSR count). The van der Waals surface area contributed by atoms with Crippen molar-refractivity contribution in [3.05, 3.63) is 22.7 Å². The van der Waals surface area contributed by atoms with Crippen LogP contribution in [0.2, 0.25) is 0 Å². The Balaban J connectivity index is 1.71. The number of nitrogens with one attached hydrogen (secondary N) is 1. The first-order valence-corrected chi connectivity index (χ1v) is 8.19. The molecular weight excluding hydrogens is 322 g/mol. The Hall–Kier alpha value is -1.58. The van der Waals surface area contributed by atoms with Crippen LogP contribution in [0, 0.1) is 0 Å². The lowest BCUT2D eigenvalue weighted by Crippen LogP contribution is -2.44. The van der Waals surface area contributed by atoms with E-state index < -0.39 is 30.0 Å². The van der Waals surface area contributed by atoms with Gasteiger partial charge in [-0.05, 0) is 18.9 Å². The molecule has 1 aromatic heterocycles. The van der Waals surface area contributed by atoms with Crippen molar-refractivity contribution in [3.63, 3.8) is 0 Å². The number of anilines is 1. The monoisotopic (exact) mass is 344 g/mol. The van der Waals surface area contributed by atoms with Crippen LogP contribution in [0.1, 0.15) is 38.3 Å². The van der Waals surface area contributed by atoms with E-state index >= 15 is 0 Å². The first-order valence-electron chi connectivity index (χ1n) is 8.19. The first kappa shape index (κ1) is 17.2. The maximum Gasteiger partial charge on any atom is 0.351 e. The molecule has 0 aromatic carbocycles. The van der Waals surface area contributed by atoms with Crippen LogP contribution in [0.15, 0.2) is 17.1 Å². The number of hydrogen-bond donors (Lipinski definition) is 3. The lowest BCUT2D eigenvalue weighted by molar-refractivity contribution is -0.140. The van der Waals surface area contributed by atoms with Crippen molar-refractivity contribution in [1.29, 1.82) is 0 Å². The lowest BCUT2D eigenvalue weighted by Gasteiger charge is -2.25. The molecule has 4 N–H and O–H groups in total. The summed E-state index contributed by atoms with van der Waals surface area (Å²) < 4.78 is 34.7. The molecule has 2 aliphatic rings. The van der Waals surface area contributed by atoms with Gasteiger partial charge in [0.05, 0.1) is 0 Å². The summed E-state index contributed by atoms with van der Waals surface area (Å²) in [6.45, 7) is 0.106. The lowest BCUT2D eigenvalue weighted by atomic mass is 9.95. The van der Waals surface area contributed by atoms with Gasteiger partial charge in [0.25, 0.3) is 0 Å². The van der Waals surface area contributed by atoms with Crippen molar-refractivity contribution in [3.8, 4) is 0 Å². The first-order chi connectivity index (χ1) is 11.4. The van der Waals surface area contributed by atoms with E-state index in [4.69, 9.17) is 10.5 Å². The summed E-state index contributed by atoms with van der Waals surface area (Å²) in [5.74, 6) is -3.66. The van der Waals surface area contributed by atoms with E-state index in [9.17, 15) is 18.7 Å². The highest BCUT2D eigenvalue weighted by Gasteiger charge is 2.59. The molecule has 1 aromatic rings. The molecule has 1 aliphatic heterocycles. The molecule has 1 saturated carbocycles. The number of ether oxygens (including phenoxy) is 1. The Labute approximate surface area is 137 Å². The highest BCUT2D eigenvalue weighted by molar-refractivity contribution is 5.23. The SMILES string of the molecule is Nc1ccn([C@@H]2O[C@H](CNC3CCCCC3)[C@@H](O)C2(F)F)c(=O)n1. The average molecular weight is 344 g/mol. The van der Waals surface area contributed by atoms with E-state index in [2.05, 4.69) is 10.3 Å². The molecule has 1 aliphatic carbocycles. The van der Waals surface area contributed by atoms with Gasteiger partial charge < -0.3 is 20.9 Å². The third-order valence-electron chi connectivity index (χ3n) is 4.70. The molecular formula is C15H22F2N4O3. The second kappa shape index (κ2) is 6.73. The summed E-state index contributed by atoms with van der Waals surface area (Å²) in [5, 5.41) is 13.1. The maximum absolute atomic E-state index is 14.4. The van der Waals surface area contributed by atoms with Crippen molar-refractivity contribution < 1.29 is 18.6 Å². The summed E-state index contributed by atoms with van der Waals surface area (Å²) in [7, 11) is 0. The summed E-state index contributed by atoms with van der Waals surface area (Å²) in [6.07, 6.45) is 1.49. The number of rotatable bonds is 4. The Kier molecular flexibility index (Phi) is 4.84. The van der Waals surface area contributed by atoms with E-state index in [0.717, 1.165) is 31.9 Å². The quantitative estimate of drug-likeness (QED) is 0.741. The predicted octanol–water partition coefficient (Wildman–Crippen LogP) is 0.641. The predicted molar refractivity (Wildman–Crippen MR) is 82.6 cm³/mol. The molecule has 0 amide bonds. The van der Waals surface area contributed by atoms with Gasteiger partial charge >= 0.3 is 11.6 Å². The van der Waals surface area contributed by atoms with Gasteiger partial charge in [-0.3, -0.25) is 4.57 Å². The fourth-order valence-electron chi connectivity index (χ4n) is 3.33. The molecule has 2 heterocycles. The number of nitrogens with zero attached hydrogens (tertiary/aromatic N) is 2. The molecule has 24 heavy (non-hydrogen) atoms. The second-order valence-electron chi connectivity index (χ2n) is 6.43.